The van der Waals surface area contributed by atoms with Crippen molar-refractivity contribution in [3.05, 3.63) is 0 Å². The molecule has 0 bridgehead atoms. The van der Waals surface area contributed by atoms with Crippen LogP contribution in [0.2, 0.25) is 0 Å². The van der Waals surface area contributed by atoms with Crippen LogP contribution in [0.3, 0.4) is 0 Å². The maximum absolute atomic E-state index is 11.3. The Hall–Kier alpha value is -1.39. The maximum Gasteiger partial charge on any atom is 0.354 e. The molecule has 0 aromatic carbocycles. The number of hydrogen-bond donors (Lipinski definition) is 1. The first-order chi connectivity index (χ1) is 6.67. The van der Waals surface area contributed by atoms with Crippen LogP contribution in [0, 0.1) is 0 Å². The van der Waals surface area contributed by atoms with Crippen LogP contribution >= 0.6 is 0 Å². The number of carbonyl (C=O) groups is 2. The summed E-state index contributed by atoms with van der Waals surface area (Å²) in [4.78, 5) is 22.1. The van der Waals surface area contributed by atoms with Gasteiger partial charge in [0.2, 0.25) is 0 Å². The minimum Gasteiger partial charge on any atom is -0.461 e. The third-order valence-corrected chi connectivity index (χ3v) is 2.26. The molecule has 14 heavy (non-hydrogen) atoms. The largest absolute Gasteiger partial charge is 0.461 e. The number of hydrogen-bond acceptors (Lipinski definition) is 5. The number of esters is 1. The number of carbonyl (C=O) groups excluding carboxylic acids is 2. The van der Waals surface area contributed by atoms with E-state index in [2.05, 4.69) is 10.5 Å². The second-order valence-electron chi connectivity index (χ2n) is 3.20. The van der Waals surface area contributed by atoms with E-state index in [1.165, 1.54) is 0 Å². The van der Waals surface area contributed by atoms with Crippen molar-refractivity contribution >= 4 is 18.0 Å². The van der Waals surface area contributed by atoms with Crippen LogP contribution in [0.4, 0.5) is 0 Å². The lowest BCUT2D eigenvalue weighted by molar-refractivity contribution is -0.135. The molecule has 78 valence electrons. The Morgan fingerprint density at radius 2 is 2.43 bits per heavy atom. The van der Waals surface area contributed by atoms with Crippen molar-refractivity contribution in [2.75, 3.05) is 6.61 Å². The third-order valence-electron chi connectivity index (χ3n) is 2.26. The fourth-order valence-electron chi connectivity index (χ4n) is 1.24. The number of aldehydes is 1. The highest BCUT2D eigenvalue weighted by atomic mass is 16.5. The lowest BCUT2D eigenvalue weighted by atomic mass is 9.93. The van der Waals surface area contributed by atoms with E-state index < -0.39 is 11.5 Å². The molecule has 1 atom stereocenters. The van der Waals surface area contributed by atoms with Crippen LogP contribution in [0.15, 0.2) is 5.10 Å². The summed E-state index contributed by atoms with van der Waals surface area (Å²) in [6.45, 7) is 3.91. The smallest absolute Gasteiger partial charge is 0.354 e. The van der Waals surface area contributed by atoms with Crippen LogP contribution in [0.5, 0.6) is 0 Å². The highest BCUT2D eigenvalue weighted by molar-refractivity contribution is 6.37. The van der Waals surface area contributed by atoms with Crippen LogP contribution in [0.1, 0.15) is 26.7 Å². The van der Waals surface area contributed by atoms with Gasteiger partial charge in [0.25, 0.3) is 0 Å². The van der Waals surface area contributed by atoms with Crippen molar-refractivity contribution < 1.29 is 14.3 Å². The Labute approximate surface area is 82.5 Å². The van der Waals surface area contributed by atoms with E-state index in [1.807, 2.05) is 6.92 Å². The second-order valence-corrected chi connectivity index (χ2v) is 3.20. The van der Waals surface area contributed by atoms with E-state index in [9.17, 15) is 9.59 Å². The van der Waals surface area contributed by atoms with Crippen molar-refractivity contribution in [3.8, 4) is 0 Å². The molecular formula is C9H14N2O3. The van der Waals surface area contributed by atoms with Crippen molar-refractivity contribution in [1.82, 2.24) is 5.43 Å². The molecule has 5 nitrogen and oxygen atoms in total. The topological polar surface area (TPSA) is 67.8 Å². The van der Waals surface area contributed by atoms with Gasteiger partial charge >= 0.3 is 5.97 Å². The molecule has 0 unspecified atom stereocenters. The highest BCUT2D eigenvalue weighted by Gasteiger charge is 2.37. The minimum absolute atomic E-state index is 0.292. The summed E-state index contributed by atoms with van der Waals surface area (Å²) in [5, 5.41) is 3.81. The van der Waals surface area contributed by atoms with Gasteiger partial charge in [-0.25, -0.2) is 4.79 Å². The number of rotatable bonds is 4. The summed E-state index contributed by atoms with van der Waals surface area (Å²) in [5.41, 5.74) is 2.26. The Bertz CT molecular complexity index is 275. The molecule has 0 amide bonds. The van der Waals surface area contributed by atoms with Gasteiger partial charge in [-0.2, -0.15) is 5.10 Å². The molecule has 0 spiro atoms. The SMILES string of the molecule is CCOC(=O)C1=NN[C@](C=O)(CC)C1. The first-order valence-corrected chi connectivity index (χ1v) is 4.64. The number of nitrogens with zero attached hydrogens (tertiary/aromatic N) is 1. The molecule has 5 heteroatoms. The number of nitrogens with one attached hydrogen (secondary N) is 1. The predicted molar refractivity (Wildman–Crippen MR) is 50.9 cm³/mol. The van der Waals surface area contributed by atoms with Gasteiger partial charge < -0.3 is 9.53 Å². The van der Waals surface area contributed by atoms with Gasteiger partial charge in [-0.3, -0.25) is 5.43 Å². The molecule has 0 saturated carbocycles. The van der Waals surface area contributed by atoms with E-state index in [-0.39, 0.29) is 0 Å². The van der Waals surface area contributed by atoms with Crippen molar-refractivity contribution in [1.29, 1.82) is 0 Å². The minimum atomic E-state index is -0.706. The number of hydrazone groups is 1. The molecule has 0 fully saturated rings. The average molecular weight is 198 g/mol. The van der Waals surface area contributed by atoms with E-state index in [1.54, 1.807) is 6.92 Å². The Morgan fingerprint density at radius 3 is 2.86 bits per heavy atom. The van der Waals surface area contributed by atoms with Gasteiger partial charge in [0.15, 0.2) is 0 Å². The molecular weight excluding hydrogens is 184 g/mol. The Morgan fingerprint density at radius 1 is 1.71 bits per heavy atom. The van der Waals surface area contributed by atoms with Crippen LogP contribution in [-0.2, 0) is 14.3 Å². The molecule has 1 aliphatic heterocycles. The predicted octanol–water partition coefficient (Wildman–Crippen LogP) is 0.246. The first-order valence-electron chi connectivity index (χ1n) is 4.64. The second kappa shape index (κ2) is 4.21. The summed E-state index contributed by atoms with van der Waals surface area (Å²) in [6, 6.07) is 0. The maximum atomic E-state index is 11.3. The summed E-state index contributed by atoms with van der Waals surface area (Å²) in [5.74, 6) is -0.447. The molecule has 0 radical (unpaired) electrons. The molecule has 0 aliphatic carbocycles. The van der Waals surface area contributed by atoms with Gasteiger partial charge in [-0.1, -0.05) is 6.92 Å². The quantitative estimate of drug-likeness (QED) is 0.519. The van der Waals surface area contributed by atoms with E-state index in [0.717, 1.165) is 6.29 Å². The third kappa shape index (κ3) is 1.92. The molecule has 1 heterocycles. The summed E-state index contributed by atoms with van der Waals surface area (Å²) >= 11 is 0. The Balaban J connectivity index is 2.62. The highest BCUT2D eigenvalue weighted by Crippen LogP contribution is 2.19. The van der Waals surface area contributed by atoms with Gasteiger partial charge in [-0.05, 0) is 13.3 Å². The zero-order chi connectivity index (χ0) is 10.6. The van der Waals surface area contributed by atoms with Crippen molar-refractivity contribution in [2.45, 2.75) is 32.2 Å². The van der Waals surface area contributed by atoms with Crippen LogP contribution < -0.4 is 5.43 Å². The van der Waals surface area contributed by atoms with Crippen LogP contribution in [0.25, 0.3) is 0 Å². The lowest BCUT2D eigenvalue weighted by Crippen LogP contribution is -2.40. The summed E-state index contributed by atoms with van der Waals surface area (Å²) in [7, 11) is 0. The van der Waals surface area contributed by atoms with Crippen molar-refractivity contribution in [3.63, 3.8) is 0 Å². The standard InChI is InChI=1S/C9H14N2O3/c1-3-9(6-12)5-7(10-11-9)8(13)14-4-2/h6,11H,3-5H2,1-2H3/t9-/m1/s1. The molecule has 0 aromatic heterocycles. The fraction of sp³-hybridized carbons (Fsp3) is 0.667. The number of ether oxygens (including phenoxy) is 1. The van der Waals surface area contributed by atoms with Gasteiger partial charge in [0.1, 0.15) is 17.5 Å². The molecule has 1 N–H and O–H groups in total. The zero-order valence-electron chi connectivity index (χ0n) is 8.37. The van der Waals surface area contributed by atoms with Crippen molar-refractivity contribution in [2.24, 2.45) is 5.10 Å². The first kappa shape index (κ1) is 10.7. The van der Waals surface area contributed by atoms with Gasteiger partial charge in [-0.15, -0.1) is 0 Å². The molecule has 0 aromatic rings. The summed E-state index contributed by atoms with van der Waals surface area (Å²) in [6.07, 6.45) is 1.71. The van der Waals surface area contributed by atoms with Gasteiger partial charge in [0.05, 0.1) is 6.61 Å². The average Bonchev–Trinajstić information content (AvgIpc) is 2.63. The Kier molecular flexibility index (Phi) is 3.22. The molecule has 1 rings (SSSR count). The van der Waals surface area contributed by atoms with E-state index in [0.29, 0.717) is 25.2 Å². The normalized spacial score (nSPS) is 25.1. The molecule has 0 saturated heterocycles. The monoisotopic (exact) mass is 198 g/mol. The summed E-state index contributed by atoms with van der Waals surface area (Å²) < 4.78 is 4.78. The van der Waals surface area contributed by atoms with Crippen LogP contribution in [-0.4, -0.2) is 30.1 Å². The zero-order valence-corrected chi connectivity index (χ0v) is 8.37. The lowest BCUT2D eigenvalue weighted by Gasteiger charge is -2.18. The fourth-order valence-corrected chi connectivity index (χ4v) is 1.24. The molecule has 1 aliphatic rings. The van der Waals surface area contributed by atoms with E-state index >= 15 is 0 Å². The van der Waals surface area contributed by atoms with E-state index in [4.69, 9.17) is 4.74 Å². The van der Waals surface area contributed by atoms with Gasteiger partial charge in [0, 0.05) is 6.42 Å².